The molecule has 4 nitrogen and oxygen atoms in total. The minimum Gasteiger partial charge on any atom is -0.495 e. The number of hydrogen-bond acceptors (Lipinski definition) is 3. The molecule has 0 saturated heterocycles. The number of nitrogens with two attached hydrogens (primary N) is 1. The van der Waals surface area contributed by atoms with Gasteiger partial charge in [0.25, 0.3) is 0 Å². The van der Waals surface area contributed by atoms with Gasteiger partial charge < -0.3 is 10.5 Å². The van der Waals surface area contributed by atoms with Crippen LogP contribution in [0.2, 0.25) is 0 Å². The molecule has 1 aromatic carbocycles. The fraction of sp³-hybridized carbons (Fsp3) is 0.100. The second kappa shape index (κ2) is 5.18. The summed E-state index contributed by atoms with van der Waals surface area (Å²) in [6.07, 6.45) is 3.90. The molecule has 2 N–H and O–H groups in total. The maximum absolute atomic E-state index is 13.8. The van der Waals surface area contributed by atoms with Crippen molar-refractivity contribution < 1.29 is 9.13 Å². The van der Waals surface area contributed by atoms with Gasteiger partial charge in [0.15, 0.2) is 0 Å². The zero-order valence-electron chi connectivity index (χ0n) is 8.95. The maximum Gasteiger partial charge on any atom is 0.142 e. The highest BCUT2D eigenvalue weighted by atomic mass is 127. The van der Waals surface area contributed by atoms with Crippen molar-refractivity contribution in [2.75, 3.05) is 12.8 Å². The van der Waals surface area contributed by atoms with Crippen LogP contribution in [0, 0.1) is 5.82 Å². The molecule has 0 saturated carbocycles. The van der Waals surface area contributed by atoms with Crippen molar-refractivity contribution in [1.29, 1.82) is 0 Å². The molecule has 1 unspecified atom stereocenters. The van der Waals surface area contributed by atoms with Gasteiger partial charge in [0, 0.05) is 23.4 Å². The van der Waals surface area contributed by atoms with Crippen molar-refractivity contribution >= 4 is 34.1 Å². The van der Waals surface area contributed by atoms with E-state index in [0.29, 0.717) is 23.3 Å². The first kappa shape index (κ1) is 12.6. The second-order valence-electron chi connectivity index (χ2n) is 3.33. The lowest BCUT2D eigenvalue weighted by molar-refractivity contribution is 0.416. The summed E-state index contributed by atoms with van der Waals surface area (Å²) in [7, 11) is 1.50. The highest BCUT2D eigenvalue weighted by molar-refractivity contribution is 14.2. The molecular formula is C10H10FIN3OP. The fourth-order valence-corrected chi connectivity index (χ4v) is 2.56. The Morgan fingerprint density at radius 2 is 2.29 bits per heavy atom. The smallest absolute Gasteiger partial charge is 0.142 e. The van der Waals surface area contributed by atoms with E-state index >= 15 is 0 Å². The Hall–Kier alpha value is -0.880. The molecular weight excluding hydrogens is 355 g/mol. The van der Waals surface area contributed by atoms with Crippen LogP contribution in [0.1, 0.15) is 0 Å². The fourth-order valence-electron chi connectivity index (χ4n) is 1.47. The number of ether oxygens (including phenoxy) is 1. The average molecular weight is 365 g/mol. The van der Waals surface area contributed by atoms with Gasteiger partial charge in [-0.25, -0.2) is 8.84 Å². The third kappa shape index (κ3) is 2.52. The zero-order chi connectivity index (χ0) is 12.4. The first-order chi connectivity index (χ1) is 8.15. The van der Waals surface area contributed by atoms with Crippen LogP contribution in [0.15, 0.2) is 24.5 Å². The lowest BCUT2D eigenvalue weighted by Crippen LogP contribution is -1.95. The topological polar surface area (TPSA) is 53.1 Å². The Labute approximate surface area is 113 Å². The normalized spacial score (nSPS) is 11.2. The lowest BCUT2D eigenvalue weighted by atomic mass is 10.1. The van der Waals surface area contributed by atoms with E-state index in [9.17, 15) is 4.39 Å². The number of rotatable bonds is 3. The average Bonchev–Trinajstić information content (AvgIpc) is 2.78. The summed E-state index contributed by atoms with van der Waals surface area (Å²) in [4.78, 5) is 0. The van der Waals surface area contributed by atoms with Crippen LogP contribution in [-0.2, 0) is 0 Å². The number of halogens is 2. The summed E-state index contributed by atoms with van der Waals surface area (Å²) in [6, 6.07) is 2.85. The quantitative estimate of drug-likeness (QED) is 0.517. The molecule has 0 spiro atoms. The Bertz CT molecular complexity index is 546. The van der Waals surface area contributed by atoms with Gasteiger partial charge in [-0.05, 0) is 28.1 Å². The van der Waals surface area contributed by atoms with E-state index < -0.39 is 0 Å². The van der Waals surface area contributed by atoms with Gasteiger partial charge in [-0.2, -0.15) is 5.10 Å². The van der Waals surface area contributed by atoms with E-state index in [2.05, 4.69) is 27.1 Å². The number of anilines is 1. The number of hydrogen-bond donors (Lipinski definition) is 1. The van der Waals surface area contributed by atoms with E-state index in [-0.39, 0.29) is 11.5 Å². The number of aromatic nitrogens is 2. The van der Waals surface area contributed by atoms with Gasteiger partial charge in [0.2, 0.25) is 0 Å². The Kier molecular flexibility index (Phi) is 3.83. The number of nitrogens with zero attached hydrogens (tertiary/aromatic N) is 2. The molecule has 0 aliphatic heterocycles. The molecule has 0 bridgehead atoms. The Morgan fingerprint density at radius 1 is 1.53 bits per heavy atom. The van der Waals surface area contributed by atoms with E-state index in [1.807, 2.05) is 0 Å². The van der Waals surface area contributed by atoms with Crippen LogP contribution < -0.4 is 10.5 Å². The van der Waals surface area contributed by atoms with Crippen molar-refractivity contribution in [2.45, 2.75) is 0 Å². The molecule has 0 fully saturated rings. The maximum atomic E-state index is 13.8. The standard InChI is InChI=1S/C10H10FIN3OP/c1-16-10-2-7(8(11)3-9(10)13)6-4-14-15(5-6)17-12/h2-5,17H,13H2,1H3. The van der Waals surface area contributed by atoms with Crippen LogP contribution in [0.3, 0.4) is 0 Å². The first-order valence-electron chi connectivity index (χ1n) is 4.70. The Morgan fingerprint density at radius 3 is 2.88 bits per heavy atom. The molecule has 90 valence electrons. The molecule has 17 heavy (non-hydrogen) atoms. The molecule has 2 rings (SSSR count). The van der Waals surface area contributed by atoms with Crippen molar-refractivity contribution in [1.82, 2.24) is 9.55 Å². The number of methoxy groups -OCH3 is 1. The molecule has 0 aliphatic carbocycles. The van der Waals surface area contributed by atoms with E-state index in [4.69, 9.17) is 10.5 Å². The van der Waals surface area contributed by atoms with E-state index in [1.165, 1.54) is 13.2 Å². The van der Waals surface area contributed by atoms with Crippen molar-refractivity contribution in [2.24, 2.45) is 0 Å². The summed E-state index contributed by atoms with van der Waals surface area (Å²) in [5.74, 6) is 0.0886. The summed E-state index contributed by atoms with van der Waals surface area (Å²) in [6.45, 7) is 0. The van der Waals surface area contributed by atoms with Crippen molar-refractivity contribution in [3.8, 4) is 16.9 Å². The van der Waals surface area contributed by atoms with Crippen LogP contribution in [0.5, 0.6) is 5.75 Å². The van der Waals surface area contributed by atoms with Gasteiger partial charge in [-0.3, -0.25) is 0 Å². The number of benzene rings is 1. The molecule has 7 heteroatoms. The van der Waals surface area contributed by atoms with E-state index in [0.717, 1.165) is 0 Å². The van der Waals surface area contributed by atoms with Crippen LogP contribution in [0.25, 0.3) is 11.1 Å². The minimum absolute atomic E-state index is 0.289. The molecule has 0 radical (unpaired) electrons. The molecule has 0 aliphatic rings. The Balaban J connectivity index is 2.50. The summed E-state index contributed by atoms with van der Waals surface area (Å²) < 4.78 is 20.6. The van der Waals surface area contributed by atoms with Gasteiger partial charge in [0.1, 0.15) is 11.6 Å². The van der Waals surface area contributed by atoms with Gasteiger partial charge in [-0.15, -0.1) is 0 Å². The predicted octanol–water partition coefficient (Wildman–Crippen LogP) is 3.07. The van der Waals surface area contributed by atoms with Crippen LogP contribution in [-0.4, -0.2) is 16.7 Å². The molecule has 0 amide bonds. The third-order valence-corrected chi connectivity index (χ3v) is 4.20. The zero-order valence-corrected chi connectivity index (χ0v) is 12.1. The summed E-state index contributed by atoms with van der Waals surface area (Å²) in [5, 5.41) is 4.11. The molecule has 2 aromatic rings. The van der Waals surface area contributed by atoms with Crippen molar-refractivity contribution in [3.63, 3.8) is 0 Å². The molecule has 1 atom stereocenters. The summed E-state index contributed by atoms with van der Waals surface area (Å²) in [5.41, 5.74) is 7.07. The van der Waals surface area contributed by atoms with E-state index in [1.54, 1.807) is 22.9 Å². The minimum atomic E-state index is -0.375. The second-order valence-corrected chi connectivity index (χ2v) is 5.41. The van der Waals surface area contributed by atoms with Crippen LogP contribution in [0.4, 0.5) is 10.1 Å². The number of nitrogen functional groups attached to an aromatic ring is 1. The van der Waals surface area contributed by atoms with Gasteiger partial charge in [-0.1, -0.05) is 0 Å². The first-order valence-corrected chi connectivity index (χ1v) is 8.76. The highest BCUT2D eigenvalue weighted by Gasteiger charge is 2.11. The van der Waals surface area contributed by atoms with Crippen molar-refractivity contribution in [3.05, 3.63) is 30.3 Å². The monoisotopic (exact) mass is 365 g/mol. The van der Waals surface area contributed by atoms with Gasteiger partial charge >= 0.3 is 0 Å². The summed E-state index contributed by atoms with van der Waals surface area (Å²) >= 11 is 2.20. The molecule has 1 heterocycles. The van der Waals surface area contributed by atoms with Gasteiger partial charge in [0.05, 0.1) is 25.4 Å². The SMILES string of the molecule is COc1cc(-c2cnn(PI)c2)c(F)cc1N. The predicted molar refractivity (Wildman–Crippen MR) is 76.3 cm³/mol. The third-order valence-electron chi connectivity index (χ3n) is 2.30. The largest absolute Gasteiger partial charge is 0.495 e. The van der Waals surface area contributed by atoms with Crippen LogP contribution >= 0.6 is 28.4 Å². The highest BCUT2D eigenvalue weighted by Crippen LogP contribution is 2.33. The lowest BCUT2D eigenvalue weighted by Gasteiger charge is -2.07. The molecule has 1 aromatic heterocycles.